The predicted molar refractivity (Wildman–Crippen MR) is 93.5 cm³/mol. The van der Waals surface area contributed by atoms with Crippen molar-refractivity contribution in [3.05, 3.63) is 30.3 Å². The normalized spacial score (nSPS) is 11.6. The number of hydrogen-bond donors (Lipinski definition) is 3. The first-order valence-corrected chi connectivity index (χ1v) is 9.37. The Balaban J connectivity index is 2.20. The van der Waals surface area contributed by atoms with Crippen molar-refractivity contribution in [3.63, 3.8) is 0 Å². The zero-order chi connectivity index (χ0) is 18.9. The number of alkyl carbamates (subject to hydrolysis) is 1. The summed E-state index contributed by atoms with van der Waals surface area (Å²) in [6, 6.07) is 7.97. The lowest BCUT2D eigenvalue weighted by molar-refractivity contribution is -0.120. The number of hydrogen-bond acceptors (Lipinski definition) is 5. The average molecular weight is 371 g/mol. The van der Waals surface area contributed by atoms with Gasteiger partial charge in [-0.1, -0.05) is 18.2 Å². The molecule has 0 aliphatic heterocycles. The molecular formula is C16H25N3O5S. The third kappa shape index (κ3) is 9.06. The summed E-state index contributed by atoms with van der Waals surface area (Å²) >= 11 is 0. The molecule has 1 aromatic rings. The Morgan fingerprint density at radius 2 is 1.64 bits per heavy atom. The van der Waals surface area contributed by atoms with Crippen molar-refractivity contribution in [2.75, 3.05) is 19.6 Å². The standard InChI is InChI=1S/C16H25N3O5S/c1-16(2,3)24-15(21)18-10-9-14(20)17-11-12-19-25(22,23)13-7-5-4-6-8-13/h4-8,19H,9-12H2,1-3H3,(H,17,20)(H,18,21). The Kier molecular flexibility index (Phi) is 7.85. The highest BCUT2D eigenvalue weighted by Crippen LogP contribution is 2.07. The Labute approximate surface area is 148 Å². The van der Waals surface area contributed by atoms with Crippen LogP contribution in [0.4, 0.5) is 4.79 Å². The van der Waals surface area contributed by atoms with Gasteiger partial charge >= 0.3 is 6.09 Å². The molecule has 0 saturated heterocycles. The minimum atomic E-state index is -3.58. The van der Waals surface area contributed by atoms with Crippen LogP contribution in [-0.4, -0.2) is 45.7 Å². The van der Waals surface area contributed by atoms with E-state index >= 15 is 0 Å². The third-order valence-electron chi connectivity index (χ3n) is 2.81. The van der Waals surface area contributed by atoms with Crippen LogP contribution in [0.1, 0.15) is 27.2 Å². The molecule has 1 aromatic carbocycles. The molecule has 0 saturated carbocycles. The first kappa shape index (κ1) is 20.9. The van der Waals surface area contributed by atoms with E-state index in [2.05, 4.69) is 15.4 Å². The minimum absolute atomic E-state index is 0.0719. The van der Waals surface area contributed by atoms with Crippen LogP contribution in [0.3, 0.4) is 0 Å². The number of benzene rings is 1. The number of ether oxygens (including phenoxy) is 1. The molecule has 25 heavy (non-hydrogen) atoms. The van der Waals surface area contributed by atoms with Crippen LogP contribution in [0.2, 0.25) is 0 Å². The highest BCUT2D eigenvalue weighted by molar-refractivity contribution is 7.89. The van der Waals surface area contributed by atoms with E-state index in [0.717, 1.165) is 0 Å². The molecule has 0 bridgehead atoms. The van der Waals surface area contributed by atoms with Crippen LogP contribution in [0, 0.1) is 0 Å². The number of carbonyl (C=O) groups is 2. The molecule has 9 heteroatoms. The molecule has 0 heterocycles. The number of rotatable bonds is 8. The van der Waals surface area contributed by atoms with Gasteiger partial charge in [0.15, 0.2) is 0 Å². The van der Waals surface area contributed by atoms with Gasteiger partial charge in [-0.3, -0.25) is 4.79 Å². The molecule has 0 radical (unpaired) electrons. The molecule has 0 spiro atoms. The monoisotopic (exact) mass is 371 g/mol. The molecule has 8 nitrogen and oxygen atoms in total. The van der Waals surface area contributed by atoms with Gasteiger partial charge in [0.2, 0.25) is 15.9 Å². The molecule has 1 rings (SSSR count). The van der Waals surface area contributed by atoms with Crippen LogP contribution < -0.4 is 15.4 Å². The number of nitrogens with one attached hydrogen (secondary N) is 3. The summed E-state index contributed by atoms with van der Waals surface area (Å²) < 4.78 is 31.3. The molecule has 0 aliphatic carbocycles. The molecule has 3 N–H and O–H groups in total. The van der Waals surface area contributed by atoms with E-state index in [-0.39, 0.29) is 36.9 Å². The Morgan fingerprint density at radius 3 is 2.24 bits per heavy atom. The van der Waals surface area contributed by atoms with E-state index in [1.165, 1.54) is 12.1 Å². The fourth-order valence-corrected chi connectivity index (χ4v) is 2.80. The highest BCUT2D eigenvalue weighted by Gasteiger charge is 2.16. The molecule has 140 valence electrons. The Hall–Kier alpha value is -2.13. The third-order valence-corrected chi connectivity index (χ3v) is 4.29. The molecule has 2 amide bonds. The summed E-state index contributed by atoms with van der Waals surface area (Å²) in [5.74, 6) is -0.296. The first-order valence-electron chi connectivity index (χ1n) is 7.88. The van der Waals surface area contributed by atoms with Crippen LogP contribution in [-0.2, 0) is 19.6 Å². The van der Waals surface area contributed by atoms with Gasteiger partial charge in [0.1, 0.15) is 5.60 Å². The fraction of sp³-hybridized carbons (Fsp3) is 0.500. The van der Waals surface area contributed by atoms with E-state index in [4.69, 9.17) is 4.74 Å². The summed E-state index contributed by atoms with van der Waals surface area (Å²) in [4.78, 5) is 23.2. The fourth-order valence-electron chi connectivity index (χ4n) is 1.75. The van der Waals surface area contributed by atoms with Gasteiger partial charge in [0.25, 0.3) is 0 Å². The number of sulfonamides is 1. The van der Waals surface area contributed by atoms with E-state index in [1.54, 1.807) is 39.0 Å². The highest BCUT2D eigenvalue weighted by atomic mass is 32.2. The quantitative estimate of drug-likeness (QED) is 0.590. The van der Waals surface area contributed by atoms with Gasteiger partial charge < -0.3 is 15.4 Å². The summed E-state index contributed by atoms with van der Waals surface area (Å²) in [7, 11) is -3.58. The minimum Gasteiger partial charge on any atom is -0.444 e. The lowest BCUT2D eigenvalue weighted by Crippen LogP contribution is -2.37. The van der Waals surface area contributed by atoms with Crippen LogP contribution in [0.25, 0.3) is 0 Å². The lowest BCUT2D eigenvalue weighted by Gasteiger charge is -2.19. The zero-order valence-electron chi connectivity index (χ0n) is 14.7. The summed E-state index contributed by atoms with van der Waals surface area (Å²) in [5, 5.41) is 5.04. The number of amides is 2. The van der Waals surface area contributed by atoms with Crippen LogP contribution in [0.5, 0.6) is 0 Å². The maximum atomic E-state index is 12.0. The molecule has 0 aromatic heterocycles. The summed E-state index contributed by atoms with van der Waals surface area (Å²) in [5.41, 5.74) is -0.595. The molecule has 0 unspecified atom stereocenters. The lowest BCUT2D eigenvalue weighted by atomic mass is 10.2. The maximum Gasteiger partial charge on any atom is 0.407 e. The van der Waals surface area contributed by atoms with Crippen LogP contribution in [0.15, 0.2) is 35.2 Å². The van der Waals surface area contributed by atoms with Crippen LogP contribution >= 0.6 is 0 Å². The average Bonchev–Trinajstić information content (AvgIpc) is 2.51. The second-order valence-electron chi connectivity index (χ2n) is 6.24. The van der Waals surface area contributed by atoms with Crippen molar-refractivity contribution in [2.24, 2.45) is 0 Å². The number of carbonyl (C=O) groups excluding carboxylic acids is 2. The molecular weight excluding hydrogens is 346 g/mol. The Morgan fingerprint density at radius 1 is 1.00 bits per heavy atom. The van der Waals surface area contributed by atoms with E-state index < -0.39 is 21.7 Å². The summed E-state index contributed by atoms with van der Waals surface area (Å²) in [6.45, 7) is 5.59. The van der Waals surface area contributed by atoms with Gasteiger partial charge in [-0.15, -0.1) is 0 Å². The van der Waals surface area contributed by atoms with Crippen molar-refractivity contribution in [3.8, 4) is 0 Å². The van der Waals surface area contributed by atoms with Gasteiger partial charge in [-0.05, 0) is 32.9 Å². The van der Waals surface area contributed by atoms with E-state index in [9.17, 15) is 18.0 Å². The van der Waals surface area contributed by atoms with Crippen molar-refractivity contribution in [1.29, 1.82) is 0 Å². The second-order valence-corrected chi connectivity index (χ2v) is 8.01. The van der Waals surface area contributed by atoms with Crippen molar-refractivity contribution < 1.29 is 22.7 Å². The topological polar surface area (TPSA) is 114 Å². The Bertz CT molecular complexity index is 669. The van der Waals surface area contributed by atoms with Gasteiger partial charge in [0.05, 0.1) is 4.90 Å². The first-order chi connectivity index (χ1) is 11.6. The zero-order valence-corrected chi connectivity index (χ0v) is 15.5. The smallest absolute Gasteiger partial charge is 0.407 e. The van der Waals surface area contributed by atoms with Crippen molar-refractivity contribution >= 4 is 22.0 Å². The van der Waals surface area contributed by atoms with Crippen molar-refractivity contribution in [2.45, 2.75) is 37.7 Å². The second kappa shape index (κ2) is 9.38. The largest absolute Gasteiger partial charge is 0.444 e. The van der Waals surface area contributed by atoms with E-state index in [1.807, 2.05) is 0 Å². The molecule has 0 atom stereocenters. The SMILES string of the molecule is CC(C)(C)OC(=O)NCCC(=O)NCCNS(=O)(=O)c1ccccc1. The predicted octanol–water partition coefficient (Wildman–Crippen LogP) is 0.996. The van der Waals surface area contributed by atoms with Gasteiger partial charge in [-0.2, -0.15) is 0 Å². The van der Waals surface area contributed by atoms with Gasteiger partial charge in [-0.25, -0.2) is 17.9 Å². The molecule has 0 fully saturated rings. The van der Waals surface area contributed by atoms with Crippen molar-refractivity contribution in [1.82, 2.24) is 15.4 Å². The molecule has 0 aliphatic rings. The summed E-state index contributed by atoms with van der Waals surface area (Å²) in [6.07, 6.45) is -0.513. The maximum absolute atomic E-state index is 12.0. The van der Waals surface area contributed by atoms with E-state index in [0.29, 0.717) is 0 Å². The van der Waals surface area contributed by atoms with Gasteiger partial charge in [0, 0.05) is 26.1 Å².